The van der Waals surface area contributed by atoms with E-state index in [1.165, 1.54) is 0 Å². The van der Waals surface area contributed by atoms with E-state index in [2.05, 4.69) is 13.8 Å². The molecule has 0 aromatic rings. The molecule has 13 heavy (non-hydrogen) atoms. The highest BCUT2D eigenvalue weighted by atomic mass is 16.5. The second kappa shape index (κ2) is 2.81. The van der Waals surface area contributed by atoms with Crippen molar-refractivity contribution in [2.45, 2.75) is 63.6 Å². The molecule has 2 nitrogen and oxygen atoms in total. The van der Waals surface area contributed by atoms with Crippen LogP contribution in [0.1, 0.15) is 52.4 Å². The Morgan fingerprint density at radius 3 is 2.00 bits per heavy atom. The predicted molar refractivity (Wildman–Crippen MR) is 50.6 cm³/mol. The van der Waals surface area contributed by atoms with Crippen molar-refractivity contribution in [3.05, 3.63) is 0 Å². The van der Waals surface area contributed by atoms with E-state index in [1.807, 2.05) is 0 Å². The van der Waals surface area contributed by atoms with Gasteiger partial charge in [-0.25, -0.2) is 0 Å². The number of rotatable bonds is 2. The fraction of sp³-hybridized carbons (Fsp3) is 0.909. The van der Waals surface area contributed by atoms with E-state index in [-0.39, 0.29) is 11.2 Å². The van der Waals surface area contributed by atoms with Crippen LogP contribution in [0, 0.1) is 0 Å². The molecule has 2 fully saturated rings. The minimum Gasteiger partial charge on any atom is -0.368 e. The van der Waals surface area contributed by atoms with E-state index in [4.69, 9.17) is 4.74 Å². The van der Waals surface area contributed by atoms with E-state index >= 15 is 0 Å². The maximum Gasteiger partial charge on any atom is 0.138 e. The molecule has 0 aromatic carbocycles. The van der Waals surface area contributed by atoms with E-state index in [9.17, 15) is 4.79 Å². The molecule has 74 valence electrons. The van der Waals surface area contributed by atoms with Gasteiger partial charge >= 0.3 is 0 Å². The molecule has 0 amide bonds. The first-order valence-corrected chi connectivity index (χ1v) is 5.36. The number of Topliss-reactive ketones (excluding diaryl/α,β-unsaturated/α-hetero) is 1. The molecular formula is C11H18O2. The van der Waals surface area contributed by atoms with E-state index in [0.717, 1.165) is 25.7 Å². The largest absolute Gasteiger partial charge is 0.368 e. The highest BCUT2D eigenvalue weighted by Crippen LogP contribution is 2.49. The summed E-state index contributed by atoms with van der Waals surface area (Å²) in [6, 6.07) is 0. The number of carbonyl (C=O) groups excluding carboxylic acids is 1. The fourth-order valence-corrected chi connectivity index (χ4v) is 2.79. The monoisotopic (exact) mass is 182 g/mol. The summed E-state index contributed by atoms with van der Waals surface area (Å²) in [5.74, 6) is 0.410. The fourth-order valence-electron chi connectivity index (χ4n) is 2.79. The summed E-state index contributed by atoms with van der Waals surface area (Å²) in [5.41, 5.74) is -0.156. The standard InChI is InChI=1S/C11H18O2/c1-3-10-5-6-11(4-2,13-10)8-9(12)7-10/h3-8H2,1-2H3. The van der Waals surface area contributed by atoms with Crippen LogP contribution >= 0.6 is 0 Å². The lowest BCUT2D eigenvalue weighted by Gasteiger charge is -2.38. The molecule has 0 saturated carbocycles. The van der Waals surface area contributed by atoms with Gasteiger partial charge in [-0.3, -0.25) is 4.79 Å². The van der Waals surface area contributed by atoms with Crippen molar-refractivity contribution in [3.8, 4) is 0 Å². The zero-order valence-electron chi connectivity index (χ0n) is 8.56. The van der Waals surface area contributed by atoms with Crippen LogP contribution in [0.4, 0.5) is 0 Å². The molecule has 2 saturated heterocycles. The van der Waals surface area contributed by atoms with Crippen molar-refractivity contribution in [2.75, 3.05) is 0 Å². The normalized spacial score (nSPS) is 44.0. The van der Waals surface area contributed by atoms with Crippen LogP contribution in [0.5, 0.6) is 0 Å². The van der Waals surface area contributed by atoms with Crippen LogP contribution in [0.15, 0.2) is 0 Å². The molecule has 0 aromatic heterocycles. The van der Waals surface area contributed by atoms with Crippen LogP contribution < -0.4 is 0 Å². The molecule has 2 aliphatic rings. The van der Waals surface area contributed by atoms with Crippen molar-refractivity contribution >= 4 is 5.78 Å². The van der Waals surface area contributed by atoms with Gasteiger partial charge < -0.3 is 4.74 Å². The summed E-state index contributed by atoms with van der Waals surface area (Å²) in [5, 5.41) is 0. The molecule has 0 aliphatic carbocycles. The Bertz CT molecular complexity index is 214. The molecule has 2 heteroatoms. The number of hydrogen-bond acceptors (Lipinski definition) is 2. The van der Waals surface area contributed by atoms with Gasteiger partial charge in [0.15, 0.2) is 0 Å². The number of fused-ring (bicyclic) bond motifs is 2. The second-order valence-corrected chi connectivity index (χ2v) is 4.57. The smallest absolute Gasteiger partial charge is 0.138 e. The van der Waals surface area contributed by atoms with Crippen molar-refractivity contribution in [1.82, 2.24) is 0 Å². The summed E-state index contributed by atoms with van der Waals surface area (Å²) < 4.78 is 6.12. The van der Waals surface area contributed by atoms with Gasteiger partial charge in [-0.05, 0) is 25.7 Å². The van der Waals surface area contributed by atoms with Gasteiger partial charge in [0.2, 0.25) is 0 Å². The third-order valence-electron chi connectivity index (χ3n) is 3.80. The maximum atomic E-state index is 11.6. The molecule has 2 aliphatic heterocycles. The van der Waals surface area contributed by atoms with E-state index in [0.29, 0.717) is 18.6 Å². The summed E-state index contributed by atoms with van der Waals surface area (Å²) in [7, 11) is 0. The lowest BCUT2D eigenvalue weighted by atomic mass is 9.89. The molecular weight excluding hydrogens is 164 g/mol. The first-order valence-electron chi connectivity index (χ1n) is 5.36. The zero-order chi connectivity index (χ0) is 9.53. The molecule has 2 unspecified atom stereocenters. The first kappa shape index (κ1) is 9.20. The molecule has 0 spiro atoms. The molecule has 2 heterocycles. The molecule has 2 atom stereocenters. The van der Waals surface area contributed by atoms with Crippen molar-refractivity contribution in [1.29, 1.82) is 0 Å². The van der Waals surface area contributed by atoms with Gasteiger partial charge in [-0.2, -0.15) is 0 Å². The number of carbonyl (C=O) groups is 1. The molecule has 2 bridgehead atoms. The Balaban J connectivity index is 2.25. The van der Waals surface area contributed by atoms with Gasteiger partial charge in [-0.1, -0.05) is 13.8 Å². The minimum absolute atomic E-state index is 0.0780. The third kappa shape index (κ3) is 1.32. The van der Waals surface area contributed by atoms with Crippen molar-refractivity contribution < 1.29 is 9.53 Å². The molecule has 0 N–H and O–H groups in total. The highest BCUT2D eigenvalue weighted by Gasteiger charge is 2.52. The zero-order valence-corrected chi connectivity index (χ0v) is 8.56. The minimum atomic E-state index is -0.0780. The average molecular weight is 182 g/mol. The van der Waals surface area contributed by atoms with Crippen LogP contribution in [0.25, 0.3) is 0 Å². The van der Waals surface area contributed by atoms with E-state index < -0.39 is 0 Å². The van der Waals surface area contributed by atoms with Crippen molar-refractivity contribution in [2.24, 2.45) is 0 Å². The Morgan fingerprint density at radius 1 is 1.15 bits per heavy atom. The van der Waals surface area contributed by atoms with Crippen LogP contribution in [-0.2, 0) is 9.53 Å². The lowest BCUT2D eigenvalue weighted by Crippen LogP contribution is -2.43. The maximum absolute atomic E-state index is 11.6. The number of ketones is 1. The topological polar surface area (TPSA) is 26.3 Å². The Labute approximate surface area is 79.7 Å². The van der Waals surface area contributed by atoms with Gasteiger partial charge in [0.05, 0.1) is 11.2 Å². The van der Waals surface area contributed by atoms with Crippen LogP contribution in [-0.4, -0.2) is 17.0 Å². The van der Waals surface area contributed by atoms with Crippen molar-refractivity contribution in [3.63, 3.8) is 0 Å². The number of hydrogen-bond donors (Lipinski definition) is 0. The van der Waals surface area contributed by atoms with Gasteiger partial charge in [-0.15, -0.1) is 0 Å². The highest BCUT2D eigenvalue weighted by molar-refractivity contribution is 5.81. The summed E-state index contributed by atoms with van der Waals surface area (Å²) in [6.07, 6.45) is 5.46. The summed E-state index contributed by atoms with van der Waals surface area (Å²) in [4.78, 5) is 11.6. The van der Waals surface area contributed by atoms with Crippen LogP contribution in [0.2, 0.25) is 0 Å². The van der Waals surface area contributed by atoms with Gasteiger partial charge in [0, 0.05) is 12.8 Å². The Hall–Kier alpha value is -0.370. The lowest BCUT2D eigenvalue weighted by molar-refractivity contribution is -0.162. The van der Waals surface area contributed by atoms with E-state index in [1.54, 1.807) is 0 Å². The Morgan fingerprint density at radius 2 is 1.62 bits per heavy atom. The SMILES string of the molecule is CCC12CCC(CC)(CC(=O)C1)O2. The quantitative estimate of drug-likeness (QED) is 0.655. The first-order chi connectivity index (χ1) is 6.14. The van der Waals surface area contributed by atoms with Gasteiger partial charge in [0.25, 0.3) is 0 Å². The second-order valence-electron chi connectivity index (χ2n) is 4.57. The predicted octanol–water partition coefficient (Wildman–Crippen LogP) is 2.46. The van der Waals surface area contributed by atoms with Crippen LogP contribution in [0.3, 0.4) is 0 Å². The number of ether oxygens (including phenoxy) is 1. The Kier molecular flexibility index (Phi) is 1.99. The summed E-state index contributed by atoms with van der Waals surface area (Å²) >= 11 is 0. The molecule has 0 radical (unpaired) electrons. The average Bonchev–Trinajstić information content (AvgIpc) is 2.41. The third-order valence-corrected chi connectivity index (χ3v) is 3.80. The summed E-state index contributed by atoms with van der Waals surface area (Å²) in [6.45, 7) is 4.26. The molecule has 2 rings (SSSR count). The van der Waals surface area contributed by atoms with Gasteiger partial charge in [0.1, 0.15) is 5.78 Å².